The minimum absolute atomic E-state index is 0.0926. The van der Waals surface area contributed by atoms with Crippen LogP contribution in [0.1, 0.15) is 45.2 Å². The zero-order valence-electron chi connectivity index (χ0n) is 10.8. The normalized spacial score (nSPS) is 29.2. The molecule has 0 atom stereocenters. The summed E-state index contributed by atoms with van der Waals surface area (Å²) in [6.07, 6.45) is 5.90. The number of aryl methyl sites for hydroxylation is 1. The largest absolute Gasteiger partial charge is 0.355 e. The molecule has 96 valence electrons. The van der Waals surface area contributed by atoms with Crippen molar-refractivity contribution in [3.8, 4) is 0 Å². The molecule has 0 unspecified atom stereocenters. The third kappa shape index (κ3) is 2.99. The average Bonchev–Trinajstić information content (AvgIpc) is 2.80. The van der Waals surface area contributed by atoms with Crippen molar-refractivity contribution in [2.45, 2.75) is 51.5 Å². The van der Waals surface area contributed by atoms with Gasteiger partial charge in [-0.25, -0.2) is 4.98 Å². The Morgan fingerprint density at radius 3 is 2.76 bits per heavy atom. The highest BCUT2D eigenvalue weighted by Crippen LogP contribution is 2.34. The molecule has 1 aliphatic rings. The van der Waals surface area contributed by atoms with E-state index in [2.05, 4.69) is 29.5 Å². The highest BCUT2D eigenvalue weighted by atomic mass is 32.1. The van der Waals surface area contributed by atoms with E-state index >= 15 is 0 Å². The summed E-state index contributed by atoms with van der Waals surface area (Å²) in [7, 11) is 0. The fourth-order valence-corrected chi connectivity index (χ4v) is 3.36. The van der Waals surface area contributed by atoms with Gasteiger partial charge >= 0.3 is 0 Å². The van der Waals surface area contributed by atoms with Gasteiger partial charge in [0.1, 0.15) is 0 Å². The molecule has 3 nitrogen and oxygen atoms in total. The van der Waals surface area contributed by atoms with Crippen molar-refractivity contribution >= 4 is 16.5 Å². The van der Waals surface area contributed by atoms with Gasteiger partial charge in [0, 0.05) is 11.9 Å². The van der Waals surface area contributed by atoms with Crippen LogP contribution >= 0.6 is 11.3 Å². The summed E-state index contributed by atoms with van der Waals surface area (Å²) in [4.78, 5) is 4.59. The number of aromatic nitrogens is 1. The molecule has 0 aliphatic heterocycles. The summed E-state index contributed by atoms with van der Waals surface area (Å²) in [5.74, 6) is 0.846. The lowest BCUT2D eigenvalue weighted by molar-refractivity contribution is 0.271. The van der Waals surface area contributed by atoms with E-state index in [4.69, 9.17) is 5.73 Å². The van der Waals surface area contributed by atoms with Crippen molar-refractivity contribution in [2.75, 3.05) is 11.9 Å². The number of thiazole rings is 1. The zero-order chi connectivity index (χ0) is 12.3. The Morgan fingerprint density at radius 2 is 2.24 bits per heavy atom. The van der Waals surface area contributed by atoms with Crippen LogP contribution in [0, 0.1) is 5.92 Å². The molecule has 0 bridgehead atoms. The number of rotatable bonds is 4. The SMILES string of the molecule is CCc1csc(NC2(CN)CCC(C)CC2)n1. The highest BCUT2D eigenvalue weighted by molar-refractivity contribution is 7.13. The average molecular weight is 253 g/mol. The first-order valence-electron chi connectivity index (χ1n) is 6.60. The van der Waals surface area contributed by atoms with Gasteiger partial charge in [0.05, 0.1) is 11.2 Å². The Balaban J connectivity index is 2.03. The second kappa shape index (κ2) is 5.36. The summed E-state index contributed by atoms with van der Waals surface area (Å²) in [5, 5.41) is 6.78. The van der Waals surface area contributed by atoms with E-state index in [1.807, 2.05) is 0 Å². The first-order valence-corrected chi connectivity index (χ1v) is 7.48. The summed E-state index contributed by atoms with van der Waals surface area (Å²) in [6, 6.07) is 0. The van der Waals surface area contributed by atoms with Gasteiger partial charge in [-0.1, -0.05) is 13.8 Å². The Bertz CT molecular complexity index is 353. The van der Waals surface area contributed by atoms with Crippen LogP contribution in [0.5, 0.6) is 0 Å². The van der Waals surface area contributed by atoms with Crippen molar-refractivity contribution in [1.82, 2.24) is 4.98 Å². The molecule has 1 aromatic rings. The summed E-state index contributed by atoms with van der Waals surface area (Å²) < 4.78 is 0. The first kappa shape index (κ1) is 12.8. The number of nitrogens with one attached hydrogen (secondary N) is 1. The first-order chi connectivity index (χ1) is 8.17. The van der Waals surface area contributed by atoms with Crippen LogP contribution in [0.3, 0.4) is 0 Å². The molecule has 4 heteroatoms. The highest BCUT2D eigenvalue weighted by Gasteiger charge is 2.33. The van der Waals surface area contributed by atoms with Gasteiger partial charge in [0.15, 0.2) is 5.13 Å². The van der Waals surface area contributed by atoms with Crippen molar-refractivity contribution in [3.63, 3.8) is 0 Å². The van der Waals surface area contributed by atoms with Crippen molar-refractivity contribution in [1.29, 1.82) is 0 Å². The fourth-order valence-electron chi connectivity index (χ4n) is 2.45. The molecule has 1 fully saturated rings. The number of nitrogens with two attached hydrogens (primary N) is 1. The van der Waals surface area contributed by atoms with E-state index in [0.29, 0.717) is 6.54 Å². The zero-order valence-corrected chi connectivity index (χ0v) is 11.6. The lowest BCUT2D eigenvalue weighted by Crippen LogP contribution is -2.48. The van der Waals surface area contributed by atoms with Crippen molar-refractivity contribution < 1.29 is 0 Å². The predicted octanol–water partition coefficient (Wildman–Crippen LogP) is 3.03. The molecular formula is C13H23N3S. The van der Waals surface area contributed by atoms with Gasteiger partial charge in [0.25, 0.3) is 0 Å². The standard InChI is InChI=1S/C13H23N3S/c1-3-11-8-17-12(15-11)16-13(9-14)6-4-10(2)5-7-13/h8,10H,3-7,9,14H2,1-2H3,(H,15,16). The smallest absolute Gasteiger partial charge is 0.183 e. The van der Waals surface area contributed by atoms with Gasteiger partial charge < -0.3 is 11.1 Å². The Morgan fingerprint density at radius 1 is 1.53 bits per heavy atom. The summed E-state index contributed by atoms with van der Waals surface area (Å²) >= 11 is 1.70. The Hall–Kier alpha value is -0.610. The number of anilines is 1. The molecule has 3 N–H and O–H groups in total. The second-order valence-electron chi connectivity index (χ2n) is 5.29. The summed E-state index contributed by atoms with van der Waals surface area (Å²) in [5.41, 5.74) is 7.25. The van der Waals surface area contributed by atoms with Crippen molar-refractivity contribution in [3.05, 3.63) is 11.1 Å². The Kier molecular flexibility index (Phi) is 4.05. The van der Waals surface area contributed by atoms with E-state index in [-0.39, 0.29) is 5.54 Å². The topological polar surface area (TPSA) is 50.9 Å². The van der Waals surface area contributed by atoms with Gasteiger partial charge in [-0.2, -0.15) is 0 Å². The van der Waals surface area contributed by atoms with Crippen molar-refractivity contribution in [2.24, 2.45) is 11.7 Å². The molecule has 1 saturated carbocycles. The van der Waals surface area contributed by atoms with E-state index in [1.165, 1.54) is 31.4 Å². The van der Waals surface area contributed by atoms with E-state index in [9.17, 15) is 0 Å². The maximum absolute atomic E-state index is 5.99. The maximum atomic E-state index is 5.99. The van der Waals surface area contributed by atoms with Crippen LogP contribution < -0.4 is 11.1 Å². The van der Waals surface area contributed by atoms with E-state index in [0.717, 1.165) is 17.5 Å². The summed E-state index contributed by atoms with van der Waals surface area (Å²) in [6.45, 7) is 5.18. The van der Waals surface area contributed by atoms with Gasteiger partial charge in [-0.15, -0.1) is 11.3 Å². The van der Waals surface area contributed by atoms with Crippen LogP contribution in [0.15, 0.2) is 5.38 Å². The molecule has 0 aromatic carbocycles. The van der Waals surface area contributed by atoms with E-state index < -0.39 is 0 Å². The van der Waals surface area contributed by atoms with Gasteiger partial charge in [0.2, 0.25) is 0 Å². The minimum Gasteiger partial charge on any atom is -0.355 e. The van der Waals surface area contributed by atoms with E-state index in [1.54, 1.807) is 11.3 Å². The van der Waals surface area contributed by atoms with Gasteiger partial charge in [-0.05, 0) is 38.0 Å². The van der Waals surface area contributed by atoms with Crippen LogP contribution in [-0.4, -0.2) is 17.1 Å². The fraction of sp³-hybridized carbons (Fsp3) is 0.769. The molecule has 0 radical (unpaired) electrons. The number of nitrogens with zero attached hydrogens (tertiary/aromatic N) is 1. The molecule has 1 aromatic heterocycles. The third-order valence-corrected chi connectivity index (χ3v) is 4.71. The number of hydrogen-bond donors (Lipinski definition) is 2. The molecule has 17 heavy (non-hydrogen) atoms. The quantitative estimate of drug-likeness (QED) is 0.867. The monoisotopic (exact) mass is 253 g/mol. The maximum Gasteiger partial charge on any atom is 0.183 e. The third-order valence-electron chi connectivity index (χ3n) is 3.91. The molecule has 0 spiro atoms. The second-order valence-corrected chi connectivity index (χ2v) is 6.15. The van der Waals surface area contributed by atoms with Crippen LogP contribution in [0.2, 0.25) is 0 Å². The molecular weight excluding hydrogens is 230 g/mol. The van der Waals surface area contributed by atoms with Crippen LogP contribution in [0.4, 0.5) is 5.13 Å². The van der Waals surface area contributed by atoms with Gasteiger partial charge in [-0.3, -0.25) is 0 Å². The molecule has 1 heterocycles. The molecule has 2 rings (SSSR count). The lowest BCUT2D eigenvalue weighted by Gasteiger charge is -2.39. The van der Waals surface area contributed by atoms with Crippen LogP contribution in [-0.2, 0) is 6.42 Å². The number of hydrogen-bond acceptors (Lipinski definition) is 4. The minimum atomic E-state index is 0.0926. The lowest BCUT2D eigenvalue weighted by atomic mass is 9.77. The molecule has 0 amide bonds. The predicted molar refractivity (Wildman–Crippen MR) is 74.5 cm³/mol. The molecule has 0 saturated heterocycles. The molecule has 1 aliphatic carbocycles. The van der Waals surface area contributed by atoms with Crippen LogP contribution in [0.25, 0.3) is 0 Å². The Labute approximate surface area is 108 Å².